The first-order valence-electron chi connectivity index (χ1n) is 6.01. The van der Waals surface area contributed by atoms with Gasteiger partial charge in [0.05, 0.1) is 16.7 Å². The molecule has 0 aliphatic carbocycles. The number of hydrogen-bond acceptors (Lipinski definition) is 5. The minimum Gasteiger partial charge on any atom is -0.479 e. The van der Waals surface area contributed by atoms with Crippen LogP contribution in [0, 0.1) is 11.3 Å². The predicted octanol–water partition coefficient (Wildman–Crippen LogP) is 2.93. The summed E-state index contributed by atoms with van der Waals surface area (Å²) in [5, 5.41) is 17.6. The Hall–Kier alpha value is -2.23. The van der Waals surface area contributed by atoms with Crippen molar-refractivity contribution in [1.82, 2.24) is 0 Å². The molecule has 0 unspecified atom stereocenters. The molecule has 0 amide bonds. The summed E-state index contributed by atoms with van der Waals surface area (Å²) in [6.45, 7) is 1.16. The Kier molecular flexibility index (Phi) is 6.70. The number of rotatable bonds is 6. The minimum atomic E-state index is -1.18. The Morgan fingerprint density at radius 1 is 1.36 bits per heavy atom. The maximum absolute atomic E-state index is 11.5. The lowest BCUT2D eigenvalue weighted by Gasteiger charge is -2.09. The molecule has 0 aliphatic rings. The number of carbonyl (C=O) groups excluding carboxylic acids is 1. The van der Waals surface area contributed by atoms with Crippen LogP contribution in [0.1, 0.15) is 12.5 Å². The van der Waals surface area contributed by atoms with Crippen LogP contribution in [0.2, 0.25) is 10.0 Å². The van der Waals surface area contributed by atoms with Crippen molar-refractivity contribution in [2.45, 2.75) is 6.92 Å². The number of esters is 1. The number of carboxylic acid groups (broad SMARTS) is 1. The zero-order chi connectivity index (χ0) is 16.7. The Bertz CT molecular complexity index is 641. The van der Waals surface area contributed by atoms with Gasteiger partial charge in [0.15, 0.2) is 12.4 Å². The van der Waals surface area contributed by atoms with E-state index < -0.39 is 18.5 Å². The van der Waals surface area contributed by atoms with E-state index in [0.29, 0.717) is 5.56 Å². The van der Waals surface area contributed by atoms with E-state index in [-0.39, 0.29) is 28.0 Å². The zero-order valence-electron chi connectivity index (χ0n) is 11.4. The lowest BCUT2D eigenvalue weighted by atomic mass is 10.1. The number of nitriles is 1. The SMILES string of the molecule is CCOC(=O)/C(C#N)=C/c1cc(Cl)c(OCC(=O)O)c(Cl)c1. The number of ether oxygens (including phenoxy) is 2. The van der Waals surface area contributed by atoms with Crippen LogP contribution < -0.4 is 4.74 Å². The molecule has 8 heteroatoms. The van der Waals surface area contributed by atoms with Gasteiger partial charge in [-0.1, -0.05) is 23.2 Å². The van der Waals surface area contributed by atoms with Crippen LogP contribution in [0.4, 0.5) is 0 Å². The maximum Gasteiger partial charge on any atom is 0.348 e. The highest BCUT2D eigenvalue weighted by atomic mass is 35.5. The number of carbonyl (C=O) groups is 2. The number of carboxylic acids is 1. The number of hydrogen-bond donors (Lipinski definition) is 1. The Labute approximate surface area is 136 Å². The quantitative estimate of drug-likeness (QED) is 0.484. The molecule has 0 aliphatic heterocycles. The van der Waals surface area contributed by atoms with Gasteiger partial charge in [-0.15, -0.1) is 0 Å². The van der Waals surface area contributed by atoms with E-state index in [1.54, 1.807) is 13.0 Å². The summed E-state index contributed by atoms with van der Waals surface area (Å²) in [5.74, 6) is -1.92. The standard InChI is InChI=1S/C14H11Cl2NO5/c1-2-21-14(20)9(6-17)3-8-4-10(15)13(11(16)5-8)22-7-12(18)19/h3-5H,2,7H2,1H3,(H,18,19)/b9-3+. The first-order chi connectivity index (χ1) is 10.4. The van der Waals surface area contributed by atoms with E-state index in [1.165, 1.54) is 18.2 Å². The van der Waals surface area contributed by atoms with E-state index in [1.807, 2.05) is 0 Å². The van der Waals surface area contributed by atoms with Crippen molar-refractivity contribution in [3.8, 4) is 11.8 Å². The molecule has 0 radical (unpaired) electrons. The van der Waals surface area contributed by atoms with Crippen LogP contribution in [0.5, 0.6) is 5.75 Å². The average molecular weight is 344 g/mol. The molecule has 1 aromatic carbocycles. The molecule has 1 aromatic rings. The van der Waals surface area contributed by atoms with Gasteiger partial charge < -0.3 is 14.6 Å². The van der Waals surface area contributed by atoms with Crippen molar-refractivity contribution in [2.24, 2.45) is 0 Å². The molecule has 0 saturated heterocycles. The van der Waals surface area contributed by atoms with Crippen molar-refractivity contribution < 1.29 is 24.2 Å². The molecular formula is C14H11Cl2NO5. The summed E-state index contributed by atoms with van der Waals surface area (Å²) in [6, 6.07) is 4.50. The monoisotopic (exact) mass is 343 g/mol. The van der Waals surface area contributed by atoms with E-state index in [0.717, 1.165) is 0 Å². The second kappa shape index (κ2) is 8.27. The van der Waals surface area contributed by atoms with Crippen molar-refractivity contribution >= 4 is 41.2 Å². The third-order valence-corrected chi connectivity index (χ3v) is 2.85. The molecule has 1 N–H and O–H groups in total. The highest BCUT2D eigenvalue weighted by molar-refractivity contribution is 6.37. The van der Waals surface area contributed by atoms with E-state index >= 15 is 0 Å². The van der Waals surface area contributed by atoms with Gasteiger partial charge in [0.2, 0.25) is 0 Å². The molecule has 0 atom stereocenters. The number of benzene rings is 1. The molecule has 116 valence electrons. The summed E-state index contributed by atoms with van der Waals surface area (Å²) in [4.78, 5) is 22.0. The van der Waals surface area contributed by atoms with Gasteiger partial charge >= 0.3 is 11.9 Å². The van der Waals surface area contributed by atoms with Crippen LogP contribution in [0.15, 0.2) is 17.7 Å². The number of aliphatic carboxylic acids is 1. The molecule has 0 heterocycles. The van der Waals surface area contributed by atoms with Gasteiger partial charge in [0.1, 0.15) is 11.6 Å². The second-order valence-corrected chi connectivity index (χ2v) is 4.70. The van der Waals surface area contributed by atoms with Crippen molar-refractivity contribution in [3.63, 3.8) is 0 Å². The van der Waals surface area contributed by atoms with Crippen LogP contribution in [0.25, 0.3) is 6.08 Å². The molecule has 0 spiro atoms. The van der Waals surface area contributed by atoms with Gasteiger partial charge in [0, 0.05) is 0 Å². The summed E-state index contributed by atoms with van der Waals surface area (Å²) >= 11 is 11.9. The smallest absolute Gasteiger partial charge is 0.348 e. The third kappa shape index (κ3) is 4.95. The highest BCUT2D eigenvalue weighted by Gasteiger charge is 2.14. The molecule has 22 heavy (non-hydrogen) atoms. The molecular weight excluding hydrogens is 333 g/mol. The molecule has 0 bridgehead atoms. The largest absolute Gasteiger partial charge is 0.479 e. The van der Waals surface area contributed by atoms with E-state index in [2.05, 4.69) is 0 Å². The van der Waals surface area contributed by atoms with Crippen molar-refractivity contribution in [3.05, 3.63) is 33.3 Å². The molecule has 6 nitrogen and oxygen atoms in total. The zero-order valence-corrected chi connectivity index (χ0v) is 12.9. The lowest BCUT2D eigenvalue weighted by Crippen LogP contribution is -2.10. The molecule has 0 saturated carbocycles. The molecule has 0 aromatic heterocycles. The van der Waals surface area contributed by atoms with Crippen molar-refractivity contribution in [2.75, 3.05) is 13.2 Å². The first kappa shape index (κ1) is 17.8. The van der Waals surface area contributed by atoms with Crippen LogP contribution >= 0.6 is 23.2 Å². The van der Waals surface area contributed by atoms with Crippen LogP contribution in [-0.4, -0.2) is 30.3 Å². The van der Waals surface area contributed by atoms with Gasteiger partial charge in [-0.25, -0.2) is 9.59 Å². The summed E-state index contributed by atoms with van der Waals surface area (Å²) in [5.41, 5.74) is 0.162. The fourth-order valence-corrected chi connectivity index (χ4v) is 2.06. The second-order valence-electron chi connectivity index (χ2n) is 3.89. The number of nitrogens with zero attached hydrogens (tertiary/aromatic N) is 1. The van der Waals surface area contributed by atoms with E-state index in [9.17, 15) is 9.59 Å². The predicted molar refractivity (Wildman–Crippen MR) is 79.8 cm³/mol. The summed E-state index contributed by atoms with van der Waals surface area (Å²) in [7, 11) is 0. The Balaban J connectivity index is 3.10. The fourth-order valence-electron chi connectivity index (χ4n) is 1.45. The first-order valence-corrected chi connectivity index (χ1v) is 6.77. The summed E-state index contributed by atoms with van der Waals surface area (Å²) in [6.07, 6.45) is 1.26. The third-order valence-electron chi connectivity index (χ3n) is 2.29. The maximum atomic E-state index is 11.5. The molecule has 1 rings (SSSR count). The topological polar surface area (TPSA) is 96.6 Å². The Morgan fingerprint density at radius 2 is 1.95 bits per heavy atom. The lowest BCUT2D eigenvalue weighted by molar-refractivity contribution is -0.139. The Morgan fingerprint density at radius 3 is 2.41 bits per heavy atom. The highest BCUT2D eigenvalue weighted by Crippen LogP contribution is 2.34. The van der Waals surface area contributed by atoms with Crippen LogP contribution in [-0.2, 0) is 14.3 Å². The van der Waals surface area contributed by atoms with Gasteiger partial charge in [-0.05, 0) is 30.7 Å². The van der Waals surface area contributed by atoms with Gasteiger partial charge in [0.25, 0.3) is 0 Å². The average Bonchev–Trinajstić information content (AvgIpc) is 2.43. The number of halogens is 2. The van der Waals surface area contributed by atoms with E-state index in [4.69, 9.17) is 43.0 Å². The normalized spacial score (nSPS) is 10.7. The molecule has 0 fully saturated rings. The van der Waals surface area contributed by atoms with Crippen LogP contribution in [0.3, 0.4) is 0 Å². The van der Waals surface area contributed by atoms with Gasteiger partial charge in [-0.3, -0.25) is 0 Å². The fraction of sp³-hybridized carbons (Fsp3) is 0.214. The van der Waals surface area contributed by atoms with Crippen molar-refractivity contribution in [1.29, 1.82) is 5.26 Å². The van der Waals surface area contributed by atoms with Gasteiger partial charge in [-0.2, -0.15) is 5.26 Å². The summed E-state index contributed by atoms with van der Waals surface area (Å²) < 4.78 is 9.69. The minimum absolute atomic E-state index is 0.0116.